The Hall–Kier alpha value is -2.44. The minimum absolute atomic E-state index is 0.0667. The van der Waals surface area contributed by atoms with Crippen LogP contribution in [-0.2, 0) is 0 Å². The van der Waals surface area contributed by atoms with Crippen LogP contribution in [-0.4, -0.2) is 20.3 Å². The normalized spacial score (nSPS) is 26.6. The van der Waals surface area contributed by atoms with Gasteiger partial charge in [0.05, 0.1) is 4.92 Å². The molecule has 2 aromatic heterocycles. The summed E-state index contributed by atoms with van der Waals surface area (Å²) in [5.74, 6) is 2.08. The van der Waals surface area contributed by atoms with Crippen LogP contribution in [0.5, 0.6) is 0 Å². The molecule has 2 aliphatic rings. The first-order valence-electron chi connectivity index (χ1n) is 8.47. The summed E-state index contributed by atoms with van der Waals surface area (Å²) in [6.45, 7) is 2.05. The monoisotopic (exact) mass is 328 g/mol. The fourth-order valence-electron chi connectivity index (χ4n) is 4.57. The van der Waals surface area contributed by atoms with Gasteiger partial charge in [-0.1, -0.05) is 12.5 Å². The van der Waals surface area contributed by atoms with Crippen LogP contribution in [0, 0.1) is 27.9 Å². The van der Waals surface area contributed by atoms with Crippen molar-refractivity contribution in [3.8, 4) is 0 Å². The van der Waals surface area contributed by atoms with Gasteiger partial charge in [0, 0.05) is 12.2 Å². The molecule has 2 heterocycles. The Morgan fingerprint density at radius 3 is 2.88 bits per heavy atom. The van der Waals surface area contributed by atoms with E-state index in [9.17, 15) is 14.9 Å². The highest BCUT2D eigenvalue weighted by Gasteiger charge is 2.42. The van der Waals surface area contributed by atoms with Crippen molar-refractivity contribution in [3.05, 3.63) is 44.9 Å². The molecule has 24 heavy (non-hydrogen) atoms. The number of pyridine rings is 1. The van der Waals surface area contributed by atoms with Gasteiger partial charge in [-0.3, -0.25) is 19.3 Å². The van der Waals surface area contributed by atoms with Crippen molar-refractivity contribution in [3.63, 3.8) is 0 Å². The number of nitrogens with zero attached hydrogens (tertiary/aromatic N) is 3. The molecule has 0 aromatic carbocycles. The van der Waals surface area contributed by atoms with Crippen molar-refractivity contribution in [2.45, 2.75) is 38.6 Å². The molecular weight excluding hydrogens is 308 g/mol. The van der Waals surface area contributed by atoms with Crippen LogP contribution in [0.25, 0.3) is 5.65 Å². The zero-order valence-corrected chi connectivity index (χ0v) is 13.5. The Balaban J connectivity index is 1.71. The van der Waals surface area contributed by atoms with Gasteiger partial charge in [0.15, 0.2) is 0 Å². The van der Waals surface area contributed by atoms with E-state index >= 15 is 0 Å². The second-order valence-corrected chi connectivity index (χ2v) is 7.07. The van der Waals surface area contributed by atoms with Gasteiger partial charge in [-0.25, -0.2) is 4.98 Å². The lowest BCUT2D eigenvalue weighted by atomic mass is 9.84. The lowest BCUT2D eigenvalue weighted by molar-refractivity contribution is -0.385. The van der Waals surface area contributed by atoms with Crippen molar-refractivity contribution in [1.82, 2.24) is 9.38 Å². The number of fused-ring (bicyclic) bond motifs is 3. The Labute approximate surface area is 138 Å². The van der Waals surface area contributed by atoms with Crippen molar-refractivity contribution < 1.29 is 4.92 Å². The van der Waals surface area contributed by atoms with Crippen molar-refractivity contribution in [2.24, 2.45) is 17.8 Å². The molecule has 4 rings (SSSR count). The molecule has 0 unspecified atom stereocenters. The van der Waals surface area contributed by atoms with E-state index in [0.717, 1.165) is 5.92 Å². The number of rotatable bonds is 4. The Kier molecular flexibility index (Phi) is 3.51. The summed E-state index contributed by atoms with van der Waals surface area (Å²) in [6.07, 6.45) is 6.49. The molecule has 2 aliphatic carbocycles. The average Bonchev–Trinajstić information content (AvgIpc) is 3.17. The van der Waals surface area contributed by atoms with Crippen LogP contribution in [0.1, 0.15) is 32.6 Å². The summed E-state index contributed by atoms with van der Waals surface area (Å²) in [7, 11) is 0. The topological polar surface area (TPSA) is 89.5 Å². The highest BCUT2D eigenvalue weighted by atomic mass is 16.6. The van der Waals surface area contributed by atoms with Gasteiger partial charge in [0.1, 0.15) is 5.65 Å². The third-order valence-electron chi connectivity index (χ3n) is 5.69. The average molecular weight is 328 g/mol. The second-order valence-electron chi connectivity index (χ2n) is 7.07. The predicted molar refractivity (Wildman–Crippen MR) is 90.1 cm³/mol. The largest absolute Gasteiger partial charge is 0.376 e. The molecular formula is C17H20N4O3. The molecule has 0 amide bonds. The molecule has 0 spiro atoms. The lowest BCUT2D eigenvalue weighted by Crippen LogP contribution is -2.32. The van der Waals surface area contributed by atoms with E-state index in [4.69, 9.17) is 0 Å². The molecule has 1 N–H and O–H groups in total. The number of nitro groups is 1. The van der Waals surface area contributed by atoms with Gasteiger partial charge in [0.2, 0.25) is 5.82 Å². The Morgan fingerprint density at radius 1 is 1.38 bits per heavy atom. The molecule has 7 nitrogen and oxygen atoms in total. The van der Waals surface area contributed by atoms with E-state index in [1.165, 1.54) is 36.3 Å². The third-order valence-corrected chi connectivity index (χ3v) is 5.69. The SMILES string of the molecule is C[C@@H](Nc1nc2ccccn2c(=O)c1[N+](=O)[O-])[C@H]1C[C@H]2CC[C@H]1C2. The van der Waals surface area contributed by atoms with E-state index in [0.29, 0.717) is 17.5 Å². The Morgan fingerprint density at radius 2 is 2.21 bits per heavy atom. The molecule has 0 radical (unpaired) electrons. The molecule has 126 valence electrons. The fraction of sp³-hybridized carbons (Fsp3) is 0.529. The highest BCUT2D eigenvalue weighted by molar-refractivity contribution is 5.60. The van der Waals surface area contributed by atoms with E-state index < -0.39 is 16.2 Å². The van der Waals surface area contributed by atoms with Gasteiger partial charge in [-0.05, 0) is 56.1 Å². The van der Waals surface area contributed by atoms with Gasteiger partial charge in [0.25, 0.3) is 0 Å². The fourth-order valence-corrected chi connectivity index (χ4v) is 4.57. The van der Waals surface area contributed by atoms with Crippen molar-refractivity contribution in [2.75, 3.05) is 5.32 Å². The molecule has 4 atom stereocenters. The van der Waals surface area contributed by atoms with Crippen LogP contribution < -0.4 is 10.9 Å². The molecule has 0 aliphatic heterocycles. The minimum Gasteiger partial charge on any atom is -0.361 e. The zero-order chi connectivity index (χ0) is 16.8. The molecule has 7 heteroatoms. The summed E-state index contributed by atoms with van der Waals surface area (Å²) in [5.41, 5.74) is -0.710. The van der Waals surface area contributed by atoms with Crippen molar-refractivity contribution in [1.29, 1.82) is 0 Å². The third kappa shape index (κ3) is 2.35. The highest BCUT2D eigenvalue weighted by Crippen LogP contribution is 2.49. The van der Waals surface area contributed by atoms with Crippen molar-refractivity contribution >= 4 is 17.2 Å². The van der Waals surface area contributed by atoms with Crippen LogP contribution in [0.3, 0.4) is 0 Å². The van der Waals surface area contributed by atoms with E-state index in [1.54, 1.807) is 18.2 Å². The van der Waals surface area contributed by atoms with Crippen LogP contribution >= 0.6 is 0 Å². The quantitative estimate of drug-likeness (QED) is 0.688. The maximum Gasteiger partial charge on any atom is 0.376 e. The summed E-state index contributed by atoms with van der Waals surface area (Å²) in [5, 5.41) is 14.6. The first-order chi connectivity index (χ1) is 11.5. The molecule has 2 saturated carbocycles. The summed E-state index contributed by atoms with van der Waals surface area (Å²) in [6, 6.07) is 5.16. The minimum atomic E-state index is -0.645. The number of hydrogen-bond acceptors (Lipinski definition) is 5. The number of nitrogens with one attached hydrogen (secondary N) is 1. The molecule has 2 aromatic rings. The van der Waals surface area contributed by atoms with Gasteiger partial charge < -0.3 is 5.32 Å². The van der Waals surface area contributed by atoms with Crippen LogP contribution in [0.2, 0.25) is 0 Å². The zero-order valence-electron chi connectivity index (χ0n) is 13.5. The molecule has 2 bridgehead atoms. The first-order valence-corrected chi connectivity index (χ1v) is 8.47. The van der Waals surface area contributed by atoms with E-state index in [2.05, 4.69) is 10.3 Å². The van der Waals surface area contributed by atoms with Crippen LogP contribution in [0.4, 0.5) is 11.5 Å². The van der Waals surface area contributed by atoms with Gasteiger partial charge >= 0.3 is 11.2 Å². The van der Waals surface area contributed by atoms with Gasteiger partial charge in [-0.15, -0.1) is 0 Å². The maximum absolute atomic E-state index is 12.5. The smallest absolute Gasteiger partial charge is 0.361 e. The Bertz CT molecular complexity index is 863. The number of hydrogen-bond donors (Lipinski definition) is 1. The van der Waals surface area contributed by atoms with E-state index in [-0.39, 0.29) is 11.9 Å². The summed E-state index contributed by atoms with van der Waals surface area (Å²) < 4.78 is 1.21. The molecule has 2 fully saturated rings. The van der Waals surface area contributed by atoms with Gasteiger partial charge in [-0.2, -0.15) is 0 Å². The summed E-state index contributed by atoms with van der Waals surface area (Å²) in [4.78, 5) is 27.6. The lowest BCUT2D eigenvalue weighted by Gasteiger charge is -2.28. The number of anilines is 1. The summed E-state index contributed by atoms with van der Waals surface area (Å²) >= 11 is 0. The standard InChI is InChI=1S/C17H20N4O3/c1-10(13-9-11-5-6-12(13)8-11)18-16-15(21(23)24)17(22)20-7-3-2-4-14(20)19-16/h2-4,7,10-13,18H,5-6,8-9H2,1H3/t10-,11+,12+,13-/m1/s1. The second kappa shape index (κ2) is 5.58. The maximum atomic E-state index is 12.5. The van der Waals surface area contributed by atoms with Crippen LogP contribution in [0.15, 0.2) is 29.2 Å². The number of aromatic nitrogens is 2. The predicted octanol–water partition coefficient (Wildman–Crippen LogP) is 2.84. The molecule has 0 saturated heterocycles. The first kappa shape index (κ1) is 15.1. The van der Waals surface area contributed by atoms with E-state index in [1.807, 2.05) is 6.92 Å².